The van der Waals surface area contributed by atoms with Gasteiger partial charge in [-0.1, -0.05) is 69.6 Å². The van der Waals surface area contributed by atoms with Gasteiger partial charge < -0.3 is 72.2 Å². The van der Waals surface area contributed by atoms with Crippen LogP contribution in [0.5, 0.6) is 0 Å². The zero-order valence-corrected chi connectivity index (χ0v) is 45.2. The molecule has 0 aromatic rings. The Hall–Kier alpha value is -2.69. The van der Waals surface area contributed by atoms with Crippen LogP contribution in [0.1, 0.15) is 162 Å². The topological polar surface area (TPSA) is 279 Å². The SMILES string of the molecule is CCC[C@@H]1CC[C@H]2[C@H]3[C@@H](O[C@@H]2CC1)[C@@](O)([C@](C)(O)[C@H]1CC[C@@]2(O)C4=C(NC[C@H](O)C5CCCCC5)C(=O)[C@@]56CC#C[C@H](CO)[C@@]12C[C@@]1(O)C=C[C@H](C2=C(CCCO)NC(N)C=C2)C[C@@]5(C[C@H](O)[C@H](O)C6)[C@H]41)CCC[C@@H]3O. The number of aliphatic hydroxyl groups excluding tert-OH is 6. The van der Waals surface area contributed by atoms with Crippen LogP contribution in [0.4, 0.5) is 0 Å². The van der Waals surface area contributed by atoms with Gasteiger partial charge in [0.05, 0.1) is 83.2 Å². The molecule has 0 radical (unpaired) electrons. The Kier molecular flexibility index (Phi) is 14.8. The Balaban J connectivity index is 1.12. The van der Waals surface area contributed by atoms with Gasteiger partial charge >= 0.3 is 0 Å². The lowest BCUT2D eigenvalue weighted by atomic mass is 9.34. The maximum atomic E-state index is 16.7. The molecule has 2 aliphatic heterocycles. The third kappa shape index (κ3) is 8.12. The molecule has 3 spiro atoms. The van der Waals surface area contributed by atoms with E-state index in [2.05, 4.69) is 29.4 Å². The lowest BCUT2D eigenvalue weighted by Gasteiger charge is -2.70. The molecule has 76 heavy (non-hydrogen) atoms. The summed E-state index contributed by atoms with van der Waals surface area (Å²) in [4.78, 5) is 16.7. The minimum Gasteiger partial charge on any atom is -0.396 e. The smallest absolute Gasteiger partial charge is 0.186 e. The number of hydrogen-bond donors (Lipinski definition) is 13. The molecule has 15 nitrogen and oxygen atoms in total. The largest absolute Gasteiger partial charge is 0.396 e. The standard InChI is InChI=1S/C61H91N3O12/c1-3-10-35-16-18-40-46(20-17-35)76-54-49(40)42(67)15-8-25-61(54,75)55(2,72)47-23-27-60(74)50-51(63-32-45(70)36-11-5-4-6-12-36)53(71)56-24-7-13-38(33-66)59(47,60)34-58(73)26-22-37(39-19-21-48(62)64-41(39)14-9-28-65)29-57(56,52(50)58)31-44(69)43(68)30-56/h19,21-22,26,35-38,40,42-49,52,54,63-70,72-75H,3-6,8-12,14-18,20,23-25,27-34,62H2,1-2H3/t35-,37+,38-,40-,42+,43-,44+,45+,46-,47-,48?,49-,52+,54-,55-,56+,57-,58+,59+,60-,61-/m1/s1. The molecule has 14 N–H and O–H groups in total. The average Bonchev–Trinajstić information content (AvgIpc) is 3.93. The fourth-order valence-corrected chi connectivity index (χ4v) is 19.8. The number of fused-ring (bicyclic) bond motifs is 6. The maximum Gasteiger partial charge on any atom is 0.186 e. The van der Waals surface area contributed by atoms with Gasteiger partial charge in [0.25, 0.3) is 0 Å². The number of ketones is 1. The zero-order chi connectivity index (χ0) is 53.8. The van der Waals surface area contributed by atoms with Crippen LogP contribution in [0, 0.1) is 75.4 Å². The van der Waals surface area contributed by atoms with Crippen LogP contribution < -0.4 is 16.4 Å². The quantitative estimate of drug-likeness (QED) is 0.0924. The van der Waals surface area contributed by atoms with Gasteiger partial charge in [0.2, 0.25) is 0 Å². The highest BCUT2D eigenvalue weighted by molar-refractivity contribution is 6.03. The number of hydrogen-bond acceptors (Lipinski definition) is 15. The van der Waals surface area contributed by atoms with Crippen LogP contribution in [0.3, 0.4) is 0 Å². The third-order valence-corrected chi connectivity index (χ3v) is 23.2. The Morgan fingerprint density at radius 2 is 1.70 bits per heavy atom. The molecular weight excluding hydrogens is 967 g/mol. The van der Waals surface area contributed by atoms with Gasteiger partial charge in [0, 0.05) is 54.4 Å². The molecule has 12 rings (SSSR count). The summed E-state index contributed by atoms with van der Waals surface area (Å²) in [5, 5.41) is 134. The van der Waals surface area contributed by atoms with Crippen LogP contribution in [-0.2, 0) is 9.53 Å². The lowest BCUT2D eigenvalue weighted by Crippen LogP contribution is -2.76. The molecule has 12 aliphatic rings. The van der Waals surface area contributed by atoms with E-state index in [4.69, 9.17) is 10.5 Å². The summed E-state index contributed by atoms with van der Waals surface area (Å²) in [5.74, 6) is 2.55. The van der Waals surface area contributed by atoms with Gasteiger partial charge in [-0.25, -0.2) is 0 Å². The van der Waals surface area contributed by atoms with Gasteiger partial charge in [0.1, 0.15) is 5.60 Å². The first kappa shape index (κ1) is 55.2. The van der Waals surface area contributed by atoms with Gasteiger partial charge in [-0.15, -0.1) is 5.92 Å². The highest BCUT2D eigenvalue weighted by Crippen LogP contribution is 2.78. The van der Waals surface area contributed by atoms with Crippen molar-refractivity contribution in [2.75, 3.05) is 19.8 Å². The average molecular weight is 1060 g/mol. The summed E-state index contributed by atoms with van der Waals surface area (Å²) in [7, 11) is 0. The van der Waals surface area contributed by atoms with Crippen LogP contribution in [0.25, 0.3) is 0 Å². The summed E-state index contributed by atoms with van der Waals surface area (Å²) in [6.45, 7) is 3.13. The van der Waals surface area contributed by atoms with Crippen molar-refractivity contribution < 1.29 is 60.6 Å². The zero-order valence-electron chi connectivity index (χ0n) is 45.2. The van der Waals surface area contributed by atoms with Crippen molar-refractivity contribution in [2.45, 2.75) is 227 Å². The Bertz CT molecular complexity index is 2410. The van der Waals surface area contributed by atoms with E-state index in [1.54, 1.807) is 13.0 Å². The van der Waals surface area contributed by atoms with Gasteiger partial charge in [-0.3, -0.25) is 4.79 Å². The molecule has 7 fully saturated rings. The summed E-state index contributed by atoms with van der Waals surface area (Å²) >= 11 is 0. The van der Waals surface area contributed by atoms with Crippen molar-refractivity contribution >= 4 is 5.78 Å². The first-order valence-electron chi connectivity index (χ1n) is 29.9. The van der Waals surface area contributed by atoms with Gasteiger partial charge in [-0.05, 0) is 150 Å². The fourth-order valence-electron chi connectivity index (χ4n) is 19.8. The van der Waals surface area contributed by atoms with Gasteiger partial charge in [-0.2, -0.15) is 0 Å². The van der Waals surface area contributed by atoms with Crippen LogP contribution in [0.2, 0.25) is 0 Å². The molecule has 2 heterocycles. The van der Waals surface area contributed by atoms with Crippen molar-refractivity contribution in [1.29, 1.82) is 0 Å². The van der Waals surface area contributed by atoms with E-state index in [1.807, 2.05) is 18.2 Å². The Morgan fingerprint density at radius 1 is 0.934 bits per heavy atom. The molecule has 1 unspecified atom stereocenters. The number of rotatable bonds is 13. The van der Waals surface area contributed by atoms with E-state index in [9.17, 15) is 51.1 Å². The second kappa shape index (κ2) is 20.4. The van der Waals surface area contributed by atoms with E-state index < -0.39 is 117 Å². The number of aliphatic hydroxyl groups is 10. The monoisotopic (exact) mass is 1060 g/mol. The normalized spacial score (nSPS) is 48.0. The molecule has 15 heteroatoms. The summed E-state index contributed by atoms with van der Waals surface area (Å²) in [6.07, 6.45) is 13.3. The fraction of sp³-hybridized carbons (Fsp3) is 0.820. The molecule has 0 aromatic heterocycles. The number of carbonyl (C=O) groups is 1. The van der Waals surface area contributed by atoms with Crippen molar-refractivity contribution in [2.24, 2.45) is 69.3 Å². The molecule has 422 valence electrons. The maximum absolute atomic E-state index is 16.7. The first-order chi connectivity index (χ1) is 36.3. The third-order valence-electron chi connectivity index (χ3n) is 23.2. The molecular formula is C61H91N3O12. The molecule has 6 bridgehead atoms. The number of dihydropyridines is 1. The number of ether oxygens (including phenoxy) is 1. The number of Topliss-reactive ketones (excluding diaryl/α,β-unsaturated/α-hetero) is 1. The molecule has 1 saturated heterocycles. The van der Waals surface area contributed by atoms with Crippen molar-refractivity contribution in [3.63, 3.8) is 0 Å². The van der Waals surface area contributed by atoms with Crippen LogP contribution >= 0.6 is 0 Å². The number of allylic oxidation sites excluding steroid dienone is 5. The van der Waals surface area contributed by atoms with Crippen LogP contribution in [0.15, 0.2) is 46.8 Å². The van der Waals surface area contributed by atoms with E-state index in [0.717, 1.165) is 81.9 Å². The summed E-state index contributed by atoms with van der Waals surface area (Å²) in [6, 6.07) is 0. The first-order valence-corrected chi connectivity index (χ1v) is 29.9. The molecule has 21 atom stereocenters. The predicted octanol–water partition coefficient (Wildman–Crippen LogP) is 3.80. The predicted molar refractivity (Wildman–Crippen MR) is 284 cm³/mol. The van der Waals surface area contributed by atoms with Crippen molar-refractivity contribution in [3.8, 4) is 11.8 Å². The highest BCUT2D eigenvalue weighted by atomic mass is 16.5. The van der Waals surface area contributed by atoms with Gasteiger partial charge in [0.15, 0.2) is 5.78 Å². The minimum absolute atomic E-state index is 0.0308. The highest BCUT2D eigenvalue weighted by Gasteiger charge is 2.82. The van der Waals surface area contributed by atoms with E-state index in [-0.39, 0.29) is 93.7 Å². The Morgan fingerprint density at radius 3 is 2.45 bits per heavy atom. The summed E-state index contributed by atoms with van der Waals surface area (Å²) < 4.78 is 7.09. The number of nitrogens with two attached hydrogens (primary N) is 1. The second-order valence-electron chi connectivity index (χ2n) is 26.7. The number of carbonyl (C=O) groups excluding carboxylic acids is 1. The second-order valence-corrected chi connectivity index (χ2v) is 26.7. The minimum atomic E-state index is -2.11. The lowest BCUT2D eigenvalue weighted by molar-refractivity contribution is -0.276. The molecule has 10 aliphatic carbocycles. The van der Waals surface area contributed by atoms with E-state index >= 15 is 4.79 Å². The Labute approximate surface area is 449 Å². The summed E-state index contributed by atoms with van der Waals surface area (Å²) in [5.41, 5.74) is -4.54. The number of nitrogens with one attached hydrogen (secondary N) is 2. The van der Waals surface area contributed by atoms with Crippen LogP contribution in [-0.4, -0.2) is 142 Å². The molecule has 0 aromatic carbocycles. The van der Waals surface area contributed by atoms with Crippen molar-refractivity contribution in [3.05, 3.63) is 46.8 Å². The van der Waals surface area contributed by atoms with Crippen molar-refractivity contribution in [1.82, 2.24) is 10.6 Å². The molecule has 0 amide bonds. The molecule has 6 saturated carbocycles. The van der Waals surface area contributed by atoms with E-state index in [1.165, 1.54) is 0 Å². The van der Waals surface area contributed by atoms with E-state index in [0.29, 0.717) is 31.6 Å².